The summed E-state index contributed by atoms with van der Waals surface area (Å²) in [6.07, 6.45) is 3.55. The molecule has 0 amide bonds. The molecule has 8 heteroatoms. The Bertz CT molecular complexity index is 872. The van der Waals surface area contributed by atoms with E-state index in [-0.39, 0.29) is 0 Å². The van der Waals surface area contributed by atoms with E-state index in [1.165, 1.54) is 0 Å². The first kappa shape index (κ1) is 16.6. The highest BCUT2D eigenvalue weighted by molar-refractivity contribution is 7.14. The van der Waals surface area contributed by atoms with Crippen molar-refractivity contribution in [2.24, 2.45) is 0 Å². The average molecular weight is 381 g/mol. The molecule has 0 atom stereocenters. The number of nitrogens with one attached hydrogen (secondary N) is 2. The van der Waals surface area contributed by atoms with Crippen LogP contribution >= 0.6 is 22.7 Å². The maximum Gasteiger partial charge on any atom is 0.183 e. The molecular formula is C18H16N6S2. The first-order valence-corrected chi connectivity index (χ1v) is 9.86. The number of aromatic nitrogens is 4. The van der Waals surface area contributed by atoms with E-state index in [0.717, 1.165) is 46.1 Å². The van der Waals surface area contributed by atoms with E-state index >= 15 is 0 Å². The van der Waals surface area contributed by atoms with Gasteiger partial charge in [0.2, 0.25) is 0 Å². The lowest BCUT2D eigenvalue weighted by molar-refractivity contribution is 1.07. The van der Waals surface area contributed by atoms with Crippen LogP contribution in [0.25, 0.3) is 22.8 Å². The Labute approximate surface area is 159 Å². The van der Waals surface area contributed by atoms with Crippen LogP contribution in [-0.2, 0) is 0 Å². The standard InChI is InChI=1S/C18H16N6S2/c1-3-7-19-13(5-1)15-11-25-17(23-15)21-9-10-22-18-24-16(12-26-18)14-6-2-4-8-20-14/h1-8,11-12H,9-10H2,(H,21,23)(H,22,24). The summed E-state index contributed by atoms with van der Waals surface area (Å²) in [5.41, 5.74) is 3.57. The van der Waals surface area contributed by atoms with E-state index in [1.54, 1.807) is 35.1 Å². The Morgan fingerprint density at radius 1 is 0.654 bits per heavy atom. The SMILES string of the molecule is c1ccc(-c2csc(NCCNc3nc(-c4ccccn4)cs3)n2)nc1. The average Bonchev–Trinajstić information content (AvgIpc) is 3.37. The highest BCUT2D eigenvalue weighted by Gasteiger charge is 2.06. The minimum absolute atomic E-state index is 0.758. The molecule has 0 spiro atoms. The van der Waals surface area contributed by atoms with Gasteiger partial charge in [0.25, 0.3) is 0 Å². The van der Waals surface area contributed by atoms with Crippen molar-refractivity contribution in [3.63, 3.8) is 0 Å². The highest BCUT2D eigenvalue weighted by atomic mass is 32.1. The van der Waals surface area contributed by atoms with Gasteiger partial charge in [0.15, 0.2) is 10.3 Å². The molecule has 2 N–H and O–H groups in total. The molecule has 0 unspecified atom stereocenters. The van der Waals surface area contributed by atoms with Crippen molar-refractivity contribution in [1.82, 2.24) is 19.9 Å². The molecule has 0 saturated carbocycles. The molecule has 0 aliphatic rings. The van der Waals surface area contributed by atoms with Gasteiger partial charge in [-0.25, -0.2) is 9.97 Å². The number of rotatable bonds is 7. The number of anilines is 2. The van der Waals surface area contributed by atoms with Crippen LogP contribution in [0, 0.1) is 0 Å². The van der Waals surface area contributed by atoms with Gasteiger partial charge in [-0.3, -0.25) is 9.97 Å². The molecule has 0 aliphatic heterocycles. The van der Waals surface area contributed by atoms with Crippen molar-refractivity contribution < 1.29 is 0 Å². The lowest BCUT2D eigenvalue weighted by Crippen LogP contribution is -2.13. The zero-order valence-electron chi connectivity index (χ0n) is 13.8. The van der Waals surface area contributed by atoms with Gasteiger partial charge in [-0.15, -0.1) is 22.7 Å². The van der Waals surface area contributed by atoms with Gasteiger partial charge in [0.05, 0.1) is 11.4 Å². The maximum absolute atomic E-state index is 4.56. The fourth-order valence-corrected chi connectivity index (χ4v) is 3.78. The molecule has 0 bridgehead atoms. The minimum Gasteiger partial charge on any atom is -0.360 e. The fraction of sp³-hybridized carbons (Fsp3) is 0.111. The Hall–Kier alpha value is -2.84. The van der Waals surface area contributed by atoms with Crippen LogP contribution in [0.3, 0.4) is 0 Å². The highest BCUT2D eigenvalue weighted by Crippen LogP contribution is 2.24. The van der Waals surface area contributed by atoms with Gasteiger partial charge < -0.3 is 10.6 Å². The molecule has 0 fully saturated rings. The van der Waals surface area contributed by atoms with Crippen molar-refractivity contribution in [3.05, 3.63) is 59.6 Å². The topological polar surface area (TPSA) is 75.6 Å². The summed E-state index contributed by atoms with van der Waals surface area (Å²) in [6, 6.07) is 11.7. The number of pyridine rings is 2. The van der Waals surface area contributed by atoms with Gasteiger partial charge in [-0.1, -0.05) is 12.1 Å². The molecule has 0 aromatic carbocycles. The molecule has 0 radical (unpaired) electrons. The van der Waals surface area contributed by atoms with Gasteiger partial charge in [-0.2, -0.15) is 0 Å². The van der Waals surface area contributed by atoms with Gasteiger partial charge in [-0.05, 0) is 24.3 Å². The van der Waals surface area contributed by atoms with Crippen LogP contribution in [0.4, 0.5) is 10.3 Å². The summed E-state index contributed by atoms with van der Waals surface area (Å²) in [5, 5.41) is 12.5. The number of hydrogen-bond donors (Lipinski definition) is 2. The van der Waals surface area contributed by atoms with Crippen molar-refractivity contribution in [3.8, 4) is 22.8 Å². The Kier molecular flexibility index (Phi) is 5.13. The molecule has 4 rings (SSSR count). The second-order valence-electron chi connectivity index (χ2n) is 5.36. The molecular weight excluding hydrogens is 364 g/mol. The summed E-state index contributed by atoms with van der Waals surface area (Å²) >= 11 is 3.16. The van der Waals surface area contributed by atoms with Crippen molar-refractivity contribution in [2.45, 2.75) is 0 Å². The smallest absolute Gasteiger partial charge is 0.183 e. The number of nitrogens with zero attached hydrogens (tertiary/aromatic N) is 4. The summed E-state index contributed by atoms with van der Waals surface area (Å²) < 4.78 is 0. The summed E-state index contributed by atoms with van der Waals surface area (Å²) in [6.45, 7) is 1.52. The van der Waals surface area contributed by atoms with Crippen LogP contribution < -0.4 is 10.6 Å². The fourth-order valence-electron chi connectivity index (χ4n) is 2.31. The summed E-state index contributed by atoms with van der Waals surface area (Å²) in [5.74, 6) is 0. The van der Waals surface area contributed by atoms with Crippen LogP contribution in [0.15, 0.2) is 59.6 Å². The molecule has 26 heavy (non-hydrogen) atoms. The Morgan fingerprint density at radius 2 is 1.15 bits per heavy atom. The second kappa shape index (κ2) is 8.03. The molecule has 0 aliphatic carbocycles. The number of hydrogen-bond acceptors (Lipinski definition) is 8. The van der Waals surface area contributed by atoms with E-state index in [9.17, 15) is 0 Å². The van der Waals surface area contributed by atoms with E-state index in [1.807, 2.05) is 47.2 Å². The van der Waals surface area contributed by atoms with Gasteiger partial charge in [0, 0.05) is 36.2 Å². The lowest BCUT2D eigenvalue weighted by atomic mass is 10.3. The normalized spacial score (nSPS) is 10.6. The third kappa shape index (κ3) is 4.04. The lowest BCUT2D eigenvalue weighted by Gasteiger charge is -2.03. The van der Waals surface area contributed by atoms with Crippen LogP contribution in [-0.4, -0.2) is 33.0 Å². The van der Waals surface area contributed by atoms with E-state index in [4.69, 9.17) is 0 Å². The molecule has 0 saturated heterocycles. The van der Waals surface area contributed by atoms with Crippen LogP contribution in [0.2, 0.25) is 0 Å². The monoisotopic (exact) mass is 380 g/mol. The Morgan fingerprint density at radius 3 is 1.58 bits per heavy atom. The first-order chi connectivity index (χ1) is 12.9. The summed E-state index contributed by atoms with van der Waals surface area (Å²) in [7, 11) is 0. The second-order valence-corrected chi connectivity index (χ2v) is 7.08. The molecule has 4 aromatic heterocycles. The largest absolute Gasteiger partial charge is 0.360 e. The predicted octanol–water partition coefficient (Wildman–Crippen LogP) is 4.25. The Balaban J connectivity index is 1.27. The third-order valence-corrected chi connectivity index (χ3v) is 5.14. The van der Waals surface area contributed by atoms with Gasteiger partial charge in [0.1, 0.15) is 11.4 Å². The maximum atomic E-state index is 4.56. The zero-order chi connectivity index (χ0) is 17.6. The van der Waals surface area contributed by atoms with E-state index < -0.39 is 0 Å². The first-order valence-electron chi connectivity index (χ1n) is 8.10. The van der Waals surface area contributed by atoms with Crippen LogP contribution in [0.5, 0.6) is 0 Å². The molecule has 4 heterocycles. The van der Waals surface area contributed by atoms with E-state index in [0.29, 0.717) is 0 Å². The zero-order valence-corrected chi connectivity index (χ0v) is 15.4. The third-order valence-electron chi connectivity index (χ3n) is 3.54. The van der Waals surface area contributed by atoms with Crippen molar-refractivity contribution in [1.29, 1.82) is 0 Å². The molecule has 4 aromatic rings. The van der Waals surface area contributed by atoms with Gasteiger partial charge >= 0.3 is 0 Å². The number of thiazole rings is 2. The van der Waals surface area contributed by atoms with Crippen molar-refractivity contribution in [2.75, 3.05) is 23.7 Å². The predicted molar refractivity (Wildman–Crippen MR) is 108 cm³/mol. The van der Waals surface area contributed by atoms with Crippen molar-refractivity contribution >= 4 is 32.9 Å². The summed E-state index contributed by atoms with van der Waals surface area (Å²) in [4.78, 5) is 17.8. The molecule has 6 nitrogen and oxygen atoms in total. The van der Waals surface area contributed by atoms with E-state index in [2.05, 4.69) is 30.6 Å². The minimum atomic E-state index is 0.758. The molecule has 130 valence electrons. The quantitative estimate of drug-likeness (QED) is 0.467. The van der Waals surface area contributed by atoms with Crippen LogP contribution in [0.1, 0.15) is 0 Å².